The number of phenols is 1. The highest BCUT2D eigenvalue weighted by Gasteiger charge is 2.03. The van der Waals surface area contributed by atoms with Gasteiger partial charge in [0, 0.05) is 0 Å². The van der Waals surface area contributed by atoms with Gasteiger partial charge in [-0.05, 0) is 18.2 Å². The molecule has 0 amide bonds. The lowest BCUT2D eigenvalue weighted by Gasteiger charge is -2.05. The Bertz CT molecular complexity index is 414. The molecule has 5 nitrogen and oxygen atoms in total. The Morgan fingerprint density at radius 2 is 2.08 bits per heavy atom. The molecule has 1 rings (SSSR count). The summed E-state index contributed by atoms with van der Waals surface area (Å²) in [6, 6.07) is 4.09. The van der Waals surface area contributed by atoms with Crippen LogP contribution >= 0.6 is 0 Å². The lowest BCUT2D eigenvalue weighted by molar-refractivity contribution is 0.478. The Morgan fingerprint density at radius 1 is 1.46 bits per heavy atom. The summed E-state index contributed by atoms with van der Waals surface area (Å²) >= 11 is 0. The fourth-order valence-corrected chi connectivity index (χ4v) is 1.39. The predicted octanol–water partition coefficient (Wildman–Crippen LogP) is 0.346. The van der Waals surface area contributed by atoms with E-state index in [-0.39, 0.29) is 11.4 Å². The van der Waals surface area contributed by atoms with Gasteiger partial charge in [-0.1, -0.05) is 0 Å². The van der Waals surface area contributed by atoms with Crippen molar-refractivity contribution in [1.29, 1.82) is 0 Å². The van der Waals surface area contributed by atoms with E-state index in [0.29, 0.717) is 5.69 Å². The van der Waals surface area contributed by atoms with Gasteiger partial charge in [0.1, 0.15) is 5.75 Å². The van der Waals surface area contributed by atoms with Gasteiger partial charge in [0.15, 0.2) is 0 Å². The summed E-state index contributed by atoms with van der Waals surface area (Å²) in [7, 11) is -3.29. The molecule has 0 heterocycles. The zero-order valence-corrected chi connectivity index (χ0v) is 7.80. The van der Waals surface area contributed by atoms with E-state index >= 15 is 0 Å². The summed E-state index contributed by atoms with van der Waals surface area (Å²) in [4.78, 5) is 0. The van der Waals surface area contributed by atoms with Gasteiger partial charge < -0.3 is 10.8 Å². The van der Waals surface area contributed by atoms with E-state index in [9.17, 15) is 8.42 Å². The van der Waals surface area contributed by atoms with Crippen LogP contribution in [-0.2, 0) is 10.0 Å². The van der Waals surface area contributed by atoms with Crippen LogP contribution < -0.4 is 10.5 Å². The van der Waals surface area contributed by atoms with Crippen LogP contribution in [-0.4, -0.2) is 19.8 Å². The summed E-state index contributed by atoms with van der Waals surface area (Å²) in [5.41, 5.74) is 5.82. The maximum absolute atomic E-state index is 10.8. The maximum atomic E-state index is 10.8. The number of hydrogen-bond acceptors (Lipinski definition) is 4. The van der Waals surface area contributed by atoms with Crippen LogP contribution in [0.25, 0.3) is 0 Å². The molecule has 0 aliphatic rings. The number of benzene rings is 1. The van der Waals surface area contributed by atoms with Crippen LogP contribution in [0.1, 0.15) is 0 Å². The van der Waals surface area contributed by atoms with E-state index in [1.165, 1.54) is 18.2 Å². The summed E-state index contributed by atoms with van der Waals surface area (Å²) in [5.74, 6) is -0.0703. The van der Waals surface area contributed by atoms with Crippen molar-refractivity contribution in [2.75, 3.05) is 16.7 Å². The first-order valence-corrected chi connectivity index (χ1v) is 5.34. The van der Waals surface area contributed by atoms with Gasteiger partial charge >= 0.3 is 0 Å². The number of aromatic hydroxyl groups is 1. The second-order valence-electron chi connectivity index (χ2n) is 2.65. The Hall–Kier alpha value is -1.43. The second kappa shape index (κ2) is 3.14. The molecule has 6 heteroatoms. The Morgan fingerprint density at radius 3 is 2.54 bits per heavy atom. The molecule has 0 atom stereocenters. The van der Waals surface area contributed by atoms with E-state index in [0.717, 1.165) is 6.26 Å². The largest absolute Gasteiger partial charge is 0.506 e. The normalized spacial score (nSPS) is 11.2. The smallest absolute Gasteiger partial charge is 0.229 e. The number of nitrogen functional groups attached to an aromatic ring is 1. The number of sulfonamides is 1. The standard InChI is InChI=1S/C7H10N2O3S/c1-13(11,12)9-5-2-3-7(10)6(8)4-5/h2-4,9-10H,8H2,1H3. The van der Waals surface area contributed by atoms with Crippen LogP contribution in [0.15, 0.2) is 18.2 Å². The Labute approximate surface area is 76.2 Å². The lowest BCUT2D eigenvalue weighted by Crippen LogP contribution is -2.09. The number of nitrogens with two attached hydrogens (primary N) is 1. The number of rotatable bonds is 2. The van der Waals surface area contributed by atoms with Crippen molar-refractivity contribution in [3.8, 4) is 5.75 Å². The Kier molecular flexibility index (Phi) is 2.33. The third-order valence-electron chi connectivity index (χ3n) is 1.33. The van der Waals surface area contributed by atoms with Crippen LogP contribution in [0.4, 0.5) is 11.4 Å². The first-order valence-electron chi connectivity index (χ1n) is 3.45. The van der Waals surface area contributed by atoms with Crippen molar-refractivity contribution in [2.45, 2.75) is 0 Å². The molecule has 0 aliphatic heterocycles. The summed E-state index contributed by atoms with van der Waals surface area (Å²) < 4.78 is 23.8. The van der Waals surface area contributed by atoms with Crippen molar-refractivity contribution in [3.05, 3.63) is 18.2 Å². The fourth-order valence-electron chi connectivity index (χ4n) is 0.832. The van der Waals surface area contributed by atoms with Crippen molar-refractivity contribution in [3.63, 3.8) is 0 Å². The van der Waals surface area contributed by atoms with Crippen LogP contribution in [0.5, 0.6) is 5.75 Å². The first-order chi connectivity index (χ1) is 5.88. The van der Waals surface area contributed by atoms with Gasteiger partial charge in [-0.25, -0.2) is 8.42 Å². The molecule has 0 spiro atoms. The second-order valence-corrected chi connectivity index (χ2v) is 4.40. The molecule has 0 bridgehead atoms. The molecule has 0 saturated carbocycles. The average Bonchev–Trinajstić information content (AvgIpc) is 1.94. The number of anilines is 2. The molecule has 0 aromatic heterocycles. The Balaban J connectivity index is 2.99. The number of hydrogen-bond donors (Lipinski definition) is 3. The molecule has 72 valence electrons. The van der Waals surface area contributed by atoms with Crippen molar-refractivity contribution >= 4 is 21.4 Å². The van der Waals surface area contributed by atoms with Gasteiger partial charge in [-0.3, -0.25) is 4.72 Å². The van der Waals surface area contributed by atoms with E-state index in [1.807, 2.05) is 0 Å². The van der Waals surface area contributed by atoms with Crippen LogP contribution in [0.3, 0.4) is 0 Å². The highest BCUT2D eigenvalue weighted by Crippen LogP contribution is 2.23. The van der Waals surface area contributed by atoms with E-state index in [1.54, 1.807) is 0 Å². The minimum absolute atomic E-state index is 0.0703. The fraction of sp³-hybridized carbons (Fsp3) is 0.143. The molecular formula is C7H10N2O3S. The monoisotopic (exact) mass is 202 g/mol. The SMILES string of the molecule is CS(=O)(=O)Nc1ccc(O)c(N)c1. The molecule has 0 radical (unpaired) electrons. The third-order valence-corrected chi connectivity index (χ3v) is 1.94. The summed E-state index contributed by atoms with van der Waals surface area (Å²) in [6.45, 7) is 0. The third kappa shape index (κ3) is 2.83. The molecule has 4 N–H and O–H groups in total. The van der Waals surface area contributed by atoms with Crippen LogP contribution in [0.2, 0.25) is 0 Å². The highest BCUT2D eigenvalue weighted by molar-refractivity contribution is 7.92. The summed E-state index contributed by atoms with van der Waals surface area (Å²) in [5, 5.41) is 9.04. The van der Waals surface area contributed by atoms with Crippen molar-refractivity contribution < 1.29 is 13.5 Å². The predicted molar refractivity (Wildman–Crippen MR) is 51.0 cm³/mol. The minimum Gasteiger partial charge on any atom is -0.506 e. The van der Waals surface area contributed by atoms with Gasteiger partial charge in [0.05, 0.1) is 17.6 Å². The first kappa shape index (κ1) is 9.66. The molecular weight excluding hydrogens is 192 g/mol. The van der Waals surface area contributed by atoms with Gasteiger partial charge in [-0.15, -0.1) is 0 Å². The lowest BCUT2D eigenvalue weighted by atomic mass is 10.3. The van der Waals surface area contributed by atoms with Gasteiger partial charge in [0.25, 0.3) is 0 Å². The highest BCUT2D eigenvalue weighted by atomic mass is 32.2. The van der Waals surface area contributed by atoms with Crippen LogP contribution in [0, 0.1) is 0 Å². The van der Waals surface area contributed by atoms with Gasteiger partial charge in [0.2, 0.25) is 10.0 Å². The topological polar surface area (TPSA) is 92.4 Å². The minimum atomic E-state index is -3.29. The molecule has 1 aromatic carbocycles. The quantitative estimate of drug-likeness (QED) is 0.366. The molecule has 1 aromatic rings. The van der Waals surface area contributed by atoms with E-state index in [4.69, 9.17) is 10.8 Å². The van der Waals surface area contributed by atoms with Gasteiger partial charge in [-0.2, -0.15) is 0 Å². The summed E-state index contributed by atoms with van der Waals surface area (Å²) in [6.07, 6.45) is 1.04. The molecule has 0 unspecified atom stereocenters. The maximum Gasteiger partial charge on any atom is 0.229 e. The zero-order valence-electron chi connectivity index (χ0n) is 6.98. The molecule has 13 heavy (non-hydrogen) atoms. The number of nitrogens with one attached hydrogen (secondary N) is 1. The molecule has 0 aliphatic carbocycles. The molecule has 0 saturated heterocycles. The van der Waals surface area contributed by atoms with E-state index in [2.05, 4.69) is 4.72 Å². The average molecular weight is 202 g/mol. The number of phenolic OH excluding ortho intramolecular Hbond substituents is 1. The van der Waals surface area contributed by atoms with Crippen molar-refractivity contribution in [1.82, 2.24) is 0 Å². The van der Waals surface area contributed by atoms with Crippen molar-refractivity contribution in [2.24, 2.45) is 0 Å². The zero-order chi connectivity index (χ0) is 10.1. The molecule has 0 fully saturated rings. The van der Waals surface area contributed by atoms with E-state index < -0.39 is 10.0 Å².